The van der Waals surface area contributed by atoms with Gasteiger partial charge in [-0.05, 0) is 13.8 Å². The Morgan fingerprint density at radius 1 is 1.41 bits per heavy atom. The Balaban J connectivity index is 3.51. The molecule has 0 saturated carbocycles. The first-order valence-corrected chi connectivity index (χ1v) is 5.15. The maximum Gasteiger partial charge on any atom is 0.333 e. The summed E-state index contributed by atoms with van der Waals surface area (Å²) in [6.07, 6.45) is -1.06. The molecule has 0 aliphatic heterocycles. The minimum Gasteiger partial charge on any atom is -0.484 e. The Morgan fingerprint density at radius 2 is 2.00 bits per heavy atom. The fourth-order valence-corrected chi connectivity index (χ4v) is 1.56. The zero-order valence-electron chi connectivity index (χ0n) is 10.0. The quantitative estimate of drug-likeness (QED) is 0.689. The largest absolute Gasteiger partial charge is 0.484 e. The molecule has 0 radical (unpaired) electrons. The lowest BCUT2D eigenvalue weighted by molar-refractivity contribution is 0.111. The summed E-state index contributed by atoms with van der Waals surface area (Å²) in [5.41, 5.74) is -0.960. The van der Waals surface area contributed by atoms with E-state index in [2.05, 4.69) is 0 Å². The Morgan fingerprint density at radius 3 is 2.47 bits per heavy atom. The number of ether oxygens (including phenoxy) is 1. The van der Waals surface area contributed by atoms with Crippen molar-refractivity contribution < 1.29 is 14.9 Å². The first kappa shape index (κ1) is 13.5. The van der Waals surface area contributed by atoms with Crippen molar-refractivity contribution in [2.45, 2.75) is 20.1 Å². The third kappa shape index (κ3) is 2.40. The monoisotopic (exact) mass is 244 g/mol. The van der Waals surface area contributed by atoms with E-state index < -0.39 is 17.5 Å². The minimum atomic E-state index is -1.06. The standard InChI is InChI=1S/C10H16N2O5/c1-6-8(17-5-4-13)9(15)11(3)10(16)12(6)7(2)14/h7,13-14H,4-5H2,1-3H3. The van der Waals surface area contributed by atoms with Crippen LogP contribution in [-0.4, -0.2) is 32.6 Å². The van der Waals surface area contributed by atoms with Crippen molar-refractivity contribution in [3.05, 3.63) is 26.5 Å². The number of aliphatic hydroxyl groups is 2. The molecule has 1 aromatic rings. The molecule has 1 aromatic heterocycles. The highest BCUT2D eigenvalue weighted by Crippen LogP contribution is 2.12. The first-order chi connectivity index (χ1) is 7.91. The molecule has 0 aliphatic rings. The summed E-state index contributed by atoms with van der Waals surface area (Å²) in [5.74, 6) is -0.0398. The highest BCUT2D eigenvalue weighted by atomic mass is 16.5. The average molecular weight is 244 g/mol. The second-order valence-electron chi connectivity index (χ2n) is 3.64. The van der Waals surface area contributed by atoms with Crippen LogP contribution in [0.15, 0.2) is 9.59 Å². The van der Waals surface area contributed by atoms with Crippen molar-refractivity contribution in [2.75, 3.05) is 13.2 Å². The van der Waals surface area contributed by atoms with E-state index in [1.54, 1.807) is 0 Å². The average Bonchev–Trinajstić information content (AvgIpc) is 2.26. The molecule has 0 saturated heterocycles. The molecular weight excluding hydrogens is 228 g/mol. The van der Waals surface area contributed by atoms with Crippen LogP contribution in [0.2, 0.25) is 0 Å². The van der Waals surface area contributed by atoms with Crippen molar-refractivity contribution in [2.24, 2.45) is 7.05 Å². The van der Waals surface area contributed by atoms with Gasteiger partial charge in [0, 0.05) is 7.05 Å². The highest BCUT2D eigenvalue weighted by molar-refractivity contribution is 5.24. The van der Waals surface area contributed by atoms with E-state index in [1.165, 1.54) is 20.9 Å². The van der Waals surface area contributed by atoms with Gasteiger partial charge in [-0.15, -0.1) is 0 Å². The molecular formula is C10H16N2O5. The fourth-order valence-electron chi connectivity index (χ4n) is 1.56. The molecule has 1 rings (SSSR count). The molecule has 1 unspecified atom stereocenters. The smallest absolute Gasteiger partial charge is 0.333 e. The zero-order valence-corrected chi connectivity index (χ0v) is 10.0. The number of hydrogen-bond acceptors (Lipinski definition) is 5. The van der Waals surface area contributed by atoms with Crippen molar-refractivity contribution in [1.82, 2.24) is 9.13 Å². The Kier molecular flexibility index (Phi) is 4.08. The third-order valence-corrected chi connectivity index (χ3v) is 2.39. The van der Waals surface area contributed by atoms with Crippen LogP contribution in [0.1, 0.15) is 18.8 Å². The summed E-state index contributed by atoms with van der Waals surface area (Å²) in [6.45, 7) is 2.63. The predicted octanol–water partition coefficient (Wildman–Crippen LogP) is -1.26. The molecule has 7 heteroatoms. The van der Waals surface area contributed by atoms with Crippen LogP contribution in [0.5, 0.6) is 5.75 Å². The van der Waals surface area contributed by atoms with Gasteiger partial charge in [0.25, 0.3) is 5.56 Å². The third-order valence-electron chi connectivity index (χ3n) is 2.39. The zero-order chi connectivity index (χ0) is 13.2. The summed E-state index contributed by atoms with van der Waals surface area (Å²) in [4.78, 5) is 23.5. The lowest BCUT2D eigenvalue weighted by Crippen LogP contribution is -2.41. The topological polar surface area (TPSA) is 93.7 Å². The van der Waals surface area contributed by atoms with Gasteiger partial charge in [0.2, 0.25) is 5.75 Å². The second kappa shape index (κ2) is 5.15. The Labute approximate surface area is 97.5 Å². The van der Waals surface area contributed by atoms with E-state index in [-0.39, 0.29) is 24.7 Å². The van der Waals surface area contributed by atoms with E-state index in [0.717, 1.165) is 9.13 Å². The molecule has 1 atom stereocenters. The van der Waals surface area contributed by atoms with Crippen LogP contribution < -0.4 is 16.0 Å². The van der Waals surface area contributed by atoms with Gasteiger partial charge >= 0.3 is 5.69 Å². The number of rotatable bonds is 4. The molecule has 0 spiro atoms. The fraction of sp³-hybridized carbons (Fsp3) is 0.600. The van der Waals surface area contributed by atoms with Gasteiger partial charge in [-0.2, -0.15) is 0 Å². The number of hydrogen-bond donors (Lipinski definition) is 2. The van der Waals surface area contributed by atoms with Crippen LogP contribution >= 0.6 is 0 Å². The van der Waals surface area contributed by atoms with Gasteiger partial charge in [-0.25, -0.2) is 4.79 Å². The van der Waals surface area contributed by atoms with Crippen LogP contribution in [0.25, 0.3) is 0 Å². The van der Waals surface area contributed by atoms with E-state index in [9.17, 15) is 14.7 Å². The molecule has 17 heavy (non-hydrogen) atoms. The van der Waals surface area contributed by atoms with E-state index in [4.69, 9.17) is 9.84 Å². The highest BCUT2D eigenvalue weighted by Gasteiger charge is 2.17. The normalized spacial score (nSPS) is 12.5. The van der Waals surface area contributed by atoms with Crippen molar-refractivity contribution in [3.8, 4) is 5.75 Å². The van der Waals surface area contributed by atoms with Gasteiger partial charge < -0.3 is 14.9 Å². The lowest BCUT2D eigenvalue weighted by atomic mass is 10.3. The SMILES string of the molecule is Cc1c(OCCO)c(=O)n(C)c(=O)n1C(C)O. The Bertz CT molecular complexity index is 515. The summed E-state index contributed by atoms with van der Waals surface area (Å²) in [5, 5.41) is 18.2. The van der Waals surface area contributed by atoms with Crippen LogP contribution in [-0.2, 0) is 7.05 Å². The van der Waals surface area contributed by atoms with Crippen LogP contribution in [0.4, 0.5) is 0 Å². The molecule has 0 aromatic carbocycles. The number of nitrogens with zero attached hydrogens (tertiary/aromatic N) is 2. The molecule has 0 fully saturated rings. The van der Waals surface area contributed by atoms with E-state index in [1.807, 2.05) is 0 Å². The Hall–Kier alpha value is -1.60. The lowest BCUT2D eigenvalue weighted by Gasteiger charge is -2.17. The maximum absolute atomic E-state index is 11.8. The maximum atomic E-state index is 11.8. The molecule has 96 valence electrons. The molecule has 7 nitrogen and oxygen atoms in total. The minimum absolute atomic E-state index is 0.0398. The predicted molar refractivity (Wildman–Crippen MR) is 60.2 cm³/mol. The van der Waals surface area contributed by atoms with Gasteiger partial charge in [0.1, 0.15) is 12.8 Å². The first-order valence-electron chi connectivity index (χ1n) is 5.15. The van der Waals surface area contributed by atoms with Crippen LogP contribution in [0, 0.1) is 6.92 Å². The number of aliphatic hydroxyl groups excluding tert-OH is 2. The van der Waals surface area contributed by atoms with Crippen molar-refractivity contribution in [1.29, 1.82) is 0 Å². The molecule has 0 bridgehead atoms. The van der Waals surface area contributed by atoms with Gasteiger partial charge in [-0.1, -0.05) is 0 Å². The second-order valence-corrected chi connectivity index (χ2v) is 3.64. The number of aromatic nitrogens is 2. The summed E-state index contributed by atoms with van der Waals surface area (Å²) in [7, 11) is 1.30. The molecule has 0 amide bonds. The summed E-state index contributed by atoms with van der Waals surface area (Å²) in [6, 6.07) is 0. The summed E-state index contributed by atoms with van der Waals surface area (Å²) < 4.78 is 6.99. The van der Waals surface area contributed by atoms with E-state index in [0.29, 0.717) is 0 Å². The molecule has 1 heterocycles. The van der Waals surface area contributed by atoms with Gasteiger partial charge in [0.05, 0.1) is 12.3 Å². The summed E-state index contributed by atoms with van der Waals surface area (Å²) >= 11 is 0. The molecule has 0 aliphatic carbocycles. The van der Waals surface area contributed by atoms with Gasteiger partial charge in [-0.3, -0.25) is 13.9 Å². The van der Waals surface area contributed by atoms with Crippen molar-refractivity contribution >= 4 is 0 Å². The van der Waals surface area contributed by atoms with E-state index >= 15 is 0 Å². The van der Waals surface area contributed by atoms with Gasteiger partial charge in [0.15, 0.2) is 0 Å². The van der Waals surface area contributed by atoms with Crippen molar-refractivity contribution in [3.63, 3.8) is 0 Å². The van der Waals surface area contributed by atoms with Crippen LogP contribution in [0.3, 0.4) is 0 Å². The molecule has 2 N–H and O–H groups in total.